The third kappa shape index (κ3) is 3.80. The summed E-state index contributed by atoms with van der Waals surface area (Å²) in [6.07, 6.45) is 0. The van der Waals surface area contributed by atoms with Gasteiger partial charge in [0.25, 0.3) is 5.91 Å². The maximum Gasteiger partial charge on any atom is 0.339 e. The zero-order valence-electron chi connectivity index (χ0n) is 17.5. The van der Waals surface area contributed by atoms with E-state index >= 15 is 0 Å². The van der Waals surface area contributed by atoms with Gasteiger partial charge < -0.3 is 10.1 Å². The number of carbonyl (C=O) groups excluding carboxylic acids is 4. The fourth-order valence-corrected chi connectivity index (χ4v) is 4.25. The number of fused-ring (bicyclic) bond motifs is 1. The molecule has 4 rings (SSSR count). The highest BCUT2D eigenvalue weighted by Gasteiger charge is 2.43. The lowest BCUT2D eigenvalue weighted by Gasteiger charge is -2.41. The molecule has 7 nitrogen and oxygen atoms in total. The Hall–Kier alpha value is -3.78. The number of nitrogens with zero attached hydrogens (tertiary/aromatic N) is 1. The van der Waals surface area contributed by atoms with Crippen molar-refractivity contribution in [3.05, 3.63) is 82.0 Å². The zero-order valence-corrected chi connectivity index (χ0v) is 18.3. The van der Waals surface area contributed by atoms with Gasteiger partial charge in [-0.1, -0.05) is 36.4 Å². The van der Waals surface area contributed by atoms with E-state index in [1.54, 1.807) is 73.8 Å². The van der Waals surface area contributed by atoms with Crippen LogP contribution in [0.4, 0.5) is 11.4 Å². The smallest absolute Gasteiger partial charge is 0.339 e. The lowest BCUT2D eigenvalue weighted by Crippen LogP contribution is -2.59. The zero-order chi connectivity index (χ0) is 22.9. The van der Waals surface area contributed by atoms with Crippen LogP contribution in [0.1, 0.15) is 39.4 Å². The highest BCUT2D eigenvalue weighted by Crippen LogP contribution is 2.36. The molecule has 0 bridgehead atoms. The molecule has 1 aliphatic rings. The second-order valence-corrected chi connectivity index (χ2v) is 8.64. The van der Waals surface area contributed by atoms with Gasteiger partial charge in [0.1, 0.15) is 5.54 Å². The largest absolute Gasteiger partial charge is 0.452 e. The summed E-state index contributed by atoms with van der Waals surface area (Å²) in [7, 11) is 0. The van der Waals surface area contributed by atoms with Gasteiger partial charge in [-0.2, -0.15) is 0 Å². The molecule has 0 spiro atoms. The standard InChI is InChI=1S/C24H20N2O5S/c1-24(2)23(30)25-17-10-5-6-11-18(17)26(24)20(27)14-31-22(29)16-9-4-3-8-15(16)21(28)19-12-7-13-32-19/h3-13H,14H2,1-2H3,(H,25,30). The molecule has 2 heterocycles. The van der Waals surface area contributed by atoms with Crippen molar-refractivity contribution in [3.8, 4) is 0 Å². The first kappa shape index (κ1) is 21.5. The summed E-state index contributed by atoms with van der Waals surface area (Å²) in [5.41, 5.74) is 0.130. The third-order valence-electron chi connectivity index (χ3n) is 5.22. The highest BCUT2D eigenvalue weighted by atomic mass is 32.1. The number of rotatable bonds is 5. The molecule has 2 amide bonds. The fourth-order valence-electron chi connectivity index (χ4n) is 3.57. The van der Waals surface area contributed by atoms with Crippen molar-refractivity contribution in [2.24, 2.45) is 0 Å². The summed E-state index contributed by atoms with van der Waals surface area (Å²) in [6.45, 7) is 2.66. The molecule has 162 valence electrons. The molecule has 0 saturated carbocycles. The summed E-state index contributed by atoms with van der Waals surface area (Å²) in [5, 5.41) is 4.56. The molecule has 0 fully saturated rings. The van der Waals surface area contributed by atoms with Crippen LogP contribution < -0.4 is 10.2 Å². The van der Waals surface area contributed by atoms with E-state index in [4.69, 9.17) is 4.74 Å². The maximum atomic E-state index is 13.1. The normalized spacial score (nSPS) is 14.3. The Morgan fingerprint density at radius 3 is 2.38 bits per heavy atom. The molecule has 0 unspecified atom stereocenters. The first-order valence-electron chi connectivity index (χ1n) is 9.88. The Balaban J connectivity index is 1.55. The van der Waals surface area contributed by atoms with Crippen LogP contribution in [-0.2, 0) is 14.3 Å². The molecule has 1 aromatic heterocycles. The average Bonchev–Trinajstić information content (AvgIpc) is 3.32. The van der Waals surface area contributed by atoms with Crippen LogP contribution in [0.15, 0.2) is 66.0 Å². The minimum Gasteiger partial charge on any atom is -0.452 e. The molecule has 0 radical (unpaired) electrons. The monoisotopic (exact) mass is 448 g/mol. The summed E-state index contributed by atoms with van der Waals surface area (Å²) < 4.78 is 5.28. The number of carbonyl (C=O) groups is 4. The van der Waals surface area contributed by atoms with Gasteiger partial charge >= 0.3 is 5.97 Å². The Morgan fingerprint density at radius 1 is 0.969 bits per heavy atom. The topological polar surface area (TPSA) is 92.8 Å². The number of nitrogens with one attached hydrogen (secondary N) is 1. The number of hydrogen-bond acceptors (Lipinski definition) is 6. The molecule has 2 aromatic carbocycles. The molecule has 0 aliphatic carbocycles. The van der Waals surface area contributed by atoms with E-state index in [1.807, 2.05) is 0 Å². The van der Waals surface area contributed by atoms with Crippen molar-refractivity contribution in [2.75, 3.05) is 16.8 Å². The van der Waals surface area contributed by atoms with Crippen molar-refractivity contribution in [2.45, 2.75) is 19.4 Å². The van der Waals surface area contributed by atoms with E-state index in [-0.39, 0.29) is 22.8 Å². The number of ether oxygens (including phenoxy) is 1. The summed E-state index contributed by atoms with van der Waals surface area (Å²) >= 11 is 1.28. The van der Waals surface area contributed by atoms with Gasteiger partial charge in [0.05, 0.1) is 21.8 Å². The van der Waals surface area contributed by atoms with E-state index in [9.17, 15) is 19.2 Å². The Kier molecular flexibility index (Phi) is 5.63. The van der Waals surface area contributed by atoms with Gasteiger partial charge in [-0.15, -0.1) is 11.3 Å². The number of hydrogen-bond donors (Lipinski definition) is 1. The van der Waals surface area contributed by atoms with Crippen molar-refractivity contribution in [1.82, 2.24) is 0 Å². The number of esters is 1. The van der Waals surface area contributed by atoms with Crippen LogP contribution in [0.25, 0.3) is 0 Å². The van der Waals surface area contributed by atoms with E-state index in [0.717, 1.165) is 0 Å². The third-order valence-corrected chi connectivity index (χ3v) is 6.09. The predicted octanol–water partition coefficient (Wildman–Crippen LogP) is 3.90. The number of benzene rings is 2. The molecule has 3 aromatic rings. The summed E-state index contributed by atoms with van der Waals surface area (Å²) in [4.78, 5) is 53.0. The number of amides is 2. The van der Waals surface area contributed by atoms with Crippen molar-refractivity contribution >= 4 is 46.3 Å². The molecule has 1 aliphatic heterocycles. The SMILES string of the molecule is CC1(C)C(=O)Nc2ccccc2N1C(=O)COC(=O)c1ccccc1C(=O)c1cccs1. The van der Waals surface area contributed by atoms with E-state index in [0.29, 0.717) is 16.3 Å². The van der Waals surface area contributed by atoms with Crippen LogP contribution in [0.5, 0.6) is 0 Å². The minimum atomic E-state index is -1.18. The summed E-state index contributed by atoms with van der Waals surface area (Å²) in [6, 6.07) is 16.7. The number of anilines is 2. The van der Waals surface area contributed by atoms with Crippen molar-refractivity contribution in [3.63, 3.8) is 0 Å². The predicted molar refractivity (Wildman–Crippen MR) is 121 cm³/mol. The Morgan fingerprint density at radius 2 is 1.66 bits per heavy atom. The maximum absolute atomic E-state index is 13.1. The van der Waals surface area contributed by atoms with Gasteiger partial charge in [-0.3, -0.25) is 19.3 Å². The van der Waals surface area contributed by atoms with Crippen LogP contribution in [0.3, 0.4) is 0 Å². The van der Waals surface area contributed by atoms with Gasteiger partial charge in [0.2, 0.25) is 11.7 Å². The molecule has 32 heavy (non-hydrogen) atoms. The van der Waals surface area contributed by atoms with E-state index < -0.39 is 24.0 Å². The number of ketones is 1. The highest BCUT2D eigenvalue weighted by molar-refractivity contribution is 7.12. The van der Waals surface area contributed by atoms with Crippen LogP contribution in [0, 0.1) is 0 Å². The second-order valence-electron chi connectivity index (χ2n) is 7.69. The van der Waals surface area contributed by atoms with Crippen molar-refractivity contribution < 1.29 is 23.9 Å². The number of para-hydroxylation sites is 2. The molecule has 0 saturated heterocycles. The average molecular weight is 449 g/mol. The van der Waals surface area contributed by atoms with Crippen molar-refractivity contribution in [1.29, 1.82) is 0 Å². The van der Waals surface area contributed by atoms with E-state index in [1.165, 1.54) is 22.3 Å². The van der Waals surface area contributed by atoms with E-state index in [2.05, 4.69) is 5.32 Å². The van der Waals surface area contributed by atoms with Gasteiger partial charge in [0, 0.05) is 5.56 Å². The lowest BCUT2D eigenvalue weighted by molar-refractivity contribution is -0.128. The molecule has 8 heteroatoms. The van der Waals surface area contributed by atoms with Gasteiger partial charge in [0.15, 0.2) is 6.61 Å². The quantitative estimate of drug-likeness (QED) is 0.472. The second kappa shape index (κ2) is 8.39. The van der Waals surface area contributed by atoms with Crippen LogP contribution in [-0.4, -0.2) is 35.7 Å². The molecule has 0 atom stereocenters. The molecule has 1 N–H and O–H groups in total. The first-order chi connectivity index (χ1) is 15.3. The Labute approximate surface area is 188 Å². The Bertz CT molecular complexity index is 1220. The van der Waals surface area contributed by atoms with Gasteiger partial charge in [-0.25, -0.2) is 4.79 Å². The van der Waals surface area contributed by atoms with Gasteiger partial charge in [-0.05, 0) is 43.5 Å². The lowest BCUT2D eigenvalue weighted by atomic mass is 9.96. The summed E-state index contributed by atoms with van der Waals surface area (Å²) in [5.74, 6) is -1.97. The first-order valence-corrected chi connectivity index (χ1v) is 10.8. The van der Waals surface area contributed by atoms with Crippen LogP contribution >= 0.6 is 11.3 Å². The molecular weight excluding hydrogens is 428 g/mol. The fraction of sp³-hybridized carbons (Fsp3) is 0.167. The number of thiophene rings is 1. The van der Waals surface area contributed by atoms with Crippen LogP contribution in [0.2, 0.25) is 0 Å². The minimum absolute atomic E-state index is 0.0785. The molecular formula is C24H20N2O5S.